The number of hydrogen-bond acceptors (Lipinski definition) is 7. The zero-order valence-electron chi connectivity index (χ0n) is 19.0. The summed E-state index contributed by atoms with van der Waals surface area (Å²) >= 11 is 7.40. The molecule has 2 aromatic carbocycles. The summed E-state index contributed by atoms with van der Waals surface area (Å²) < 4.78 is 27.4. The zero-order valence-corrected chi connectivity index (χ0v) is 20.6. The van der Waals surface area contributed by atoms with E-state index in [-0.39, 0.29) is 35.0 Å². The molecule has 0 bridgehead atoms. The highest BCUT2D eigenvalue weighted by molar-refractivity contribution is 7.19. The van der Waals surface area contributed by atoms with E-state index in [2.05, 4.69) is 38.6 Å². The number of rotatable bonds is 5. The van der Waals surface area contributed by atoms with E-state index in [1.54, 1.807) is 24.3 Å². The fraction of sp³-hybridized carbons (Fsp3) is 0.280. The second-order valence-electron chi connectivity index (χ2n) is 8.69. The third-order valence-corrected chi connectivity index (χ3v) is 7.38. The van der Waals surface area contributed by atoms with Gasteiger partial charge in [0.25, 0.3) is 0 Å². The molecule has 0 amide bonds. The zero-order chi connectivity index (χ0) is 24.7. The van der Waals surface area contributed by atoms with Crippen molar-refractivity contribution in [3.05, 3.63) is 81.6 Å². The third-order valence-electron chi connectivity index (χ3n) is 6.34. The molecule has 0 N–H and O–H groups in total. The van der Waals surface area contributed by atoms with E-state index in [0.717, 1.165) is 11.1 Å². The SMILES string of the molecule is C[C@@H]1CN(c2nc(Cl)nc3sc(C=O)nc23)[C@@H](C)CN1C(c1ccc(F)cc1)c1ccc(F)cc1. The van der Waals surface area contributed by atoms with Crippen LogP contribution in [-0.2, 0) is 0 Å². The molecule has 0 spiro atoms. The lowest BCUT2D eigenvalue weighted by atomic mass is 9.93. The van der Waals surface area contributed by atoms with E-state index >= 15 is 0 Å². The summed E-state index contributed by atoms with van der Waals surface area (Å²) in [6.45, 7) is 5.45. The molecular formula is C25H22ClF2N5OS. The lowest BCUT2D eigenvalue weighted by Gasteiger charge is -2.48. The Balaban J connectivity index is 1.51. The lowest BCUT2D eigenvalue weighted by Crippen LogP contribution is -2.57. The Labute approximate surface area is 210 Å². The first-order valence-corrected chi connectivity index (χ1v) is 12.4. The number of carbonyl (C=O) groups excluding carboxylic acids is 1. The molecule has 2 aromatic heterocycles. The van der Waals surface area contributed by atoms with Gasteiger partial charge in [0.05, 0.1) is 6.04 Å². The number of carbonyl (C=O) groups is 1. The summed E-state index contributed by atoms with van der Waals surface area (Å²) in [7, 11) is 0. The van der Waals surface area contributed by atoms with Gasteiger partial charge < -0.3 is 4.90 Å². The Morgan fingerprint density at radius 3 is 2.11 bits per heavy atom. The highest BCUT2D eigenvalue weighted by atomic mass is 35.5. The molecule has 6 nitrogen and oxygen atoms in total. The van der Waals surface area contributed by atoms with Gasteiger partial charge >= 0.3 is 0 Å². The number of nitrogens with zero attached hydrogens (tertiary/aromatic N) is 5. The molecule has 0 aliphatic carbocycles. The van der Waals surface area contributed by atoms with Crippen molar-refractivity contribution in [3.63, 3.8) is 0 Å². The fourth-order valence-corrected chi connectivity index (χ4v) is 5.69. The van der Waals surface area contributed by atoms with E-state index < -0.39 is 0 Å². The standard InChI is InChI=1S/C25H22ClF2N5OS/c1-14-12-33(23-21-24(31-25(26)30-23)35-20(13-34)29-21)15(2)11-32(14)22(16-3-7-18(27)8-4-16)17-5-9-19(28)10-6-17/h3-10,13-15,22H,11-12H2,1-2H3/t14-,15+/m1/s1. The van der Waals surface area contributed by atoms with Crippen molar-refractivity contribution in [2.45, 2.75) is 32.0 Å². The van der Waals surface area contributed by atoms with Gasteiger partial charge in [0.2, 0.25) is 5.28 Å². The minimum atomic E-state index is -0.305. The van der Waals surface area contributed by atoms with Crippen molar-refractivity contribution < 1.29 is 13.6 Å². The quantitative estimate of drug-likeness (QED) is 0.259. The Morgan fingerprint density at radius 2 is 1.54 bits per heavy atom. The highest BCUT2D eigenvalue weighted by Gasteiger charge is 2.36. The molecule has 1 aliphatic heterocycles. The van der Waals surface area contributed by atoms with E-state index in [0.29, 0.717) is 40.5 Å². The molecule has 35 heavy (non-hydrogen) atoms. The molecule has 0 radical (unpaired) electrons. The summed E-state index contributed by atoms with van der Waals surface area (Å²) in [4.78, 5) is 29.4. The first kappa shape index (κ1) is 23.7. The van der Waals surface area contributed by atoms with Gasteiger partial charge in [0, 0.05) is 25.2 Å². The van der Waals surface area contributed by atoms with Gasteiger partial charge in [-0.25, -0.2) is 18.7 Å². The van der Waals surface area contributed by atoms with Crippen LogP contribution < -0.4 is 4.90 Å². The molecule has 180 valence electrons. The van der Waals surface area contributed by atoms with Crippen molar-refractivity contribution >= 4 is 45.4 Å². The van der Waals surface area contributed by atoms with Crippen molar-refractivity contribution in [2.24, 2.45) is 0 Å². The minimum Gasteiger partial charge on any atom is -0.349 e. The van der Waals surface area contributed by atoms with E-state index in [1.807, 2.05) is 0 Å². The second kappa shape index (κ2) is 9.56. The van der Waals surface area contributed by atoms with Crippen LogP contribution in [0.3, 0.4) is 0 Å². The average molecular weight is 514 g/mol. The molecule has 1 saturated heterocycles. The van der Waals surface area contributed by atoms with Crippen LogP contribution in [0, 0.1) is 11.6 Å². The average Bonchev–Trinajstić information content (AvgIpc) is 3.26. The van der Waals surface area contributed by atoms with Crippen LogP contribution in [0.4, 0.5) is 14.6 Å². The van der Waals surface area contributed by atoms with E-state index in [9.17, 15) is 13.6 Å². The van der Waals surface area contributed by atoms with Gasteiger partial charge in [-0.1, -0.05) is 35.6 Å². The monoisotopic (exact) mass is 513 g/mol. The first-order chi connectivity index (χ1) is 16.8. The van der Waals surface area contributed by atoms with E-state index in [1.165, 1.54) is 35.6 Å². The Morgan fingerprint density at radius 1 is 0.943 bits per heavy atom. The summed E-state index contributed by atoms with van der Waals surface area (Å²) in [5.74, 6) is -0.00984. The van der Waals surface area contributed by atoms with Gasteiger partial charge in [-0.15, -0.1) is 0 Å². The van der Waals surface area contributed by atoms with Crippen LogP contribution in [0.1, 0.15) is 40.8 Å². The molecule has 10 heteroatoms. The van der Waals surface area contributed by atoms with Crippen molar-refractivity contribution in [3.8, 4) is 0 Å². The minimum absolute atomic E-state index is 0.00476. The van der Waals surface area contributed by atoms with Gasteiger partial charge in [-0.2, -0.15) is 4.98 Å². The van der Waals surface area contributed by atoms with Crippen LogP contribution in [-0.4, -0.2) is 51.3 Å². The predicted octanol–water partition coefficient (Wildman–Crippen LogP) is 5.52. The normalized spacial score (nSPS) is 19.0. The molecule has 0 saturated carbocycles. The molecule has 1 fully saturated rings. The second-order valence-corrected chi connectivity index (χ2v) is 10.0. The van der Waals surface area contributed by atoms with Crippen LogP contribution in [0.25, 0.3) is 10.3 Å². The fourth-order valence-electron chi connectivity index (χ4n) is 4.72. The molecule has 5 rings (SSSR count). The molecule has 0 unspecified atom stereocenters. The molecule has 2 atom stereocenters. The summed E-state index contributed by atoms with van der Waals surface area (Å²) in [6.07, 6.45) is 0.698. The highest BCUT2D eigenvalue weighted by Crippen LogP contribution is 2.36. The van der Waals surface area contributed by atoms with Crippen LogP contribution in [0.15, 0.2) is 48.5 Å². The van der Waals surface area contributed by atoms with Gasteiger partial charge in [-0.05, 0) is 60.8 Å². The molecule has 3 heterocycles. The van der Waals surface area contributed by atoms with E-state index in [4.69, 9.17) is 11.6 Å². The topological polar surface area (TPSA) is 62.2 Å². The Hall–Kier alpha value is -3.01. The number of thiazole rings is 1. The number of aromatic nitrogens is 3. The summed E-state index contributed by atoms with van der Waals surface area (Å²) in [6, 6.07) is 12.7. The predicted molar refractivity (Wildman–Crippen MR) is 133 cm³/mol. The summed E-state index contributed by atoms with van der Waals surface area (Å²) in [5, 5.41) is 0.427. The number of fused-ring (bicyclic) bond motifs is 1. The molecule has 1 aliphatic rings. The van der Waals surface area contributed by atoms with Crippen molar-refractivity contribution in [1.82, 2.24) is 19.9 Å². The maximum Gasteiger partial charge on any atom is 0.225 e. The number of piperazine rings is 1. The number of aldehydes is 1. The van der Waals surface area contributed by atoms with Crippen LogP contribution in [0.2, 0.25) is 5.28 Å². The van der Waals surface area contributed by atoms with Crippen molar-refractivity contribution in [1.29, 1.82) is 0 Å². The number of benzene rings is 2. The van der Waals surface area contributed by atoms with Gasteiger partial charge in [-0.3, -0.25) is 9.69 Å². The third kappa shape index (κ3) is 4.63. The number of hydrogen-bond donors (Lipinski definition) is 0. The van der Waals surface area contributed by atoms with Gasteiger partial charge in [0.15, 0.2) is 21.9 Å². The maximum atomic E-state index is 13.7. The Kier molecular flexibility index (Phi) is 6.48. The number of anilines is 1. The largest absolute Gasteiger partial charge is 0.349 e. The maximum absolute atomic E-state index is 13.7. The summed E-state index contributed by atoms with van der Waals surface area (Å²) in [5.41, 5.74) is 2.41. The number of halogens is 3. The molecule has 4 aromatic rings. The lowest BCUT2D eigenvalue weighted by molar-refractivity contribution is 0.112. The molecular weight excluding hydrogens is 492 g/mol. The van der Waals surface area contributed by atoms with Crippen LogP contribution in [0.5, 0.6) is 0 Å². The van der Waals surface area contributed by atoms with Crippen molar-refractivity contribution in [2.75, 3.05) is 18.0 Å². The van der Waals surface area contributed by atoms with Crippen LogP contribution >= 0.6 is 22.9 Å². The van der Waals surface area contributed by atoms with Gasteiger partial charge in [0.1, 0.15) is 17.2 Å². The first-order valence-electron chi connectivity index (χ1n) is 11.2. The Bertz CT molecular complexity index is 1320. The smallest absolute Gasteiger partial charge is 0.225 e.